The first-order valence-corrected chi connectivity index (χ1v) is 8.75. The maximum Gasteiger partial charge on any atom is 0.146 e. The van der Waals surface area contributed by atoms with Crippen LogP contribution in [0.1, 0.15) is 11.4 Å². The highest BCUT2D eigenvalue weighted by atomic mass is 35.5. The van der Waals surface area contributed by atoms with E-state index in [0.29, 0.717) is 28.2 Å². The van der Waals surface area contributed by atoms with Gasteiger partial charge in [0.05, 0.1) is 19.9 Å². The summed E-state index contributed by atoms with van der Waals surface area (Å²) in [6, 6.07) is 13.1. The van der Waals surface area contributed by atoms with Crippen molar-refractivity contribution in [2.75, 3.05) is 24.9 Å². The van der Waals surface area contributed by atoms with Crippen molar-refractivity contribution in [1.29, 1.82) is 0 Å². The molecule has 0 spiro atoms. The minimum Gasteiger partial charge on any atom is -0.497 e. The fourth-order valence-corrected chi connectivity index (χ4v) is 2.79. The highest BCUT2D eigenvalue weighted by Crippen LogP contribution is 2.32. The highest BCUT2D eigenvalue weighted by Gasteiger charge is 2.09. The Labute approximate surface area is 163 Å². The number of halogens is 1. The largest absolute Gasteiger partial charge is 0.497 e. The first kappa shape index (κ1) is 18.8. The third kappa shape index (κ3) is 4.41. The van der Waals surface area contributed by atoms with Gasteiger partial charge < -0.3 is 20.1 Å². The van der Waals surface area contributed by atoms with Crippen LogP contribution in [0.5, 0.6) is 11.5 Å². The van der Waals surface area contributed by atoms with Gasteiger partial charge in [0.15, 0.2) is 0 Å². The maximum absolute atomic E-state index is 6.20. The molecule has 6 nitrogen and oxygen atoms in total. The lowest BCUT2D eigenvalue weighted by Gasteiger charge is -2.14. The number of nitrogens with one attached hydrogen (secondary N) is 2. The molecule has 3 rings (SSSR count). The van der Waals surface area contributed by atoms with Crippen LogP contribution in [0.2, 0.25) is 5.02 Å². The molecule has 0 saturated heterocycles. The molecule has 0 aliphatic rings. The van der Waals surface area contributed by atoms with Crippen molar-refractivity contribution in [3.8, 4) is 11.5 Å². The molecule has 7 heteroatoms. The number of anilines is 4. The Morgan fingerprint density at radius 3 is 2.22 bits per heavy atom. The van der Waals surface area contributed by atoms with Gasteiger partial charge in [0.25, 0.3) is 0 Å². The van der Waals surface area contributed by atoms with Crippen LogP contribution in [-0.2, 0) is 0 Å². The lowest BCUT2D eigenvalue weighted by molar-refractivity contribution is 0.395. The van der Waals surface area contributed by atoms with E-state index in [1.165, 1.54) is 0 Å². The van der Waals surface area contributed by atoms with E-state index >= 15 is 0 Å². The zero-order chi connectivity index (χ0) is 19.4. The number of aromatic nitrogens is 2. The number of aryl methyl sites for hydroxylation is 1. The molecule has 1 aromatic heterocycles. The molecule has 0 fully saturated rings. The van der Waals surface area contributed by atoms with Crippen LogP contribution in [0.15, 0.2) is 42.5 Å². The van der Waals surface area contributed by atoms with Crippen molar-refractivity contribution >= 4 is 34.6 Å². The Kier molecular flexibility index (Phi) is 5.66. The second-order valence-electron chi connectivity index (χ2n) is 5.91. The van der Waals surface area contributed by atoms with E-state index in [2.05, 4.69) is 20.6 Å². The molecule has 140 valence electrons. The van der Waals surface area contributed by atoms with Crippen molar-refractivity contribution in [1.82, 2.24) is 9.97 Å². The molecule has 0 atom stereocenters. The van der Waals surface area contributed by atoms with Crippen molar-refractivity contribution in [3.05, 3.63) is 58.9 Å². The minimum absolute atomic E-state index is 0.634. The summed E-state index contributed by atoms with van der Waals surface area (Å²) < 4.78 is 10.7. The molecule has 3 aromatic rings. The van der Waals surface area contributed by atoms with E-state index in [1.54, 1.807) is 14.2 Å². The van der Waals surface area contributed by atoms with Crippen LogP contribution < -0.4 is 20.1 Å². The summed E-state index contributed by atoms with van der Waals surface area (Å²) in [5, 5.41) is 7.27. The van der Waals surface area contributed by atoms with Crippen LogP contribution in [0, 0.1) is 13.8 Å². The van der Waals surface area contributed by atoms with Crippen LogP contribution >= 0.6 is 11.6 Å². The molecule has 0 unspecified atom stereocenters. The fraction of sp³-hybridized carbons (Fsp3) is 0.200. The first-order chi connectivity index (χ1) is 13.0. The van der Waals surface area contributed by atoms with Crippen molar-refractivity contribution in [3.63, 3.8) is 0 Å². The van der Waals surface area contributed by atoms with Crippen molar-refractivity contribution in [2.45, 2.75) is 13.8 Å². The smallest absolute Gasteiger partial charge is 0.146 e. The predicted octanol–water partition coefficient (Wildman–Crippen LogP) is 5.25. The van der Waals surface area contributed by atoms with Gasteiger partial charge in [0.1, 0.15) is 29.0 Å². The zero-order valence-corrected chi connectivity index (χ0v) is 16.4. The third-order valence-electron chi connectivity index (χ3n) is 4.04. The second-order valence-corrected chi connectivity index (χ2v) is 6.32. The molecule has 0 amide bonds. The first-order valence-electron chi connectivity index (χ1n) is 8.37. The van der Waals surface area contributed by atoms with Crippen LogP contribution in [-0.4, -0.2) is 24.2 Å². The molecule has 27 heavy (non-hydrogen) atoms. The minimum atomic E-state index is 0.634. The van der Waals surface area contributed by atoms with Gasteiger partial charge in [-0.1, -0.05) is 17.7 Å². The van der Waals surface area contributed by atoms with Gasteiger partial charge in [-0.05, 0) is 43.7 Å². The summed E-state index contributed by atoms with van der Waals surface area (Å²) in [5.74, 6) is 3.33. The average molecular weight is 385 g/mol. The highest BCUT2D eigenvalue weighted by molar-refractivity contribution is 6.31. The van der Waals surface area contributed by atoms with E-state index in [-0.39, 0.29) is 0 Å². The predicted molar refractivity (Wildman–Crippen MR) is 109 cm³/mol. The van der Waals surface area contributed by atoms with Gasteiger partial charge in [0.2, 0.25) is 0 Å². The Bertz CT molecular complexity index is 963. The van der Waals surface area contributed by atoms with E-state index in [9.17, 15) is 0 Å². The number of methoxy groups -OCH3 is 2. The zero-order valence-electron chi connectivity index (χ0n) is 15.6. The number of hydrogen-bond donors (Lipinski definition) is 2. The Balaban J connectivity index is 1.89. The Morgan fingerprint density at radius 2 is 1.56 bits per heavy atom. The Morgan fingerprint density at radius 1 is 0.852 bits per heavy atom. The molecule has 0 aliphatic heterocycles. The van der Waals surface area contributed by atoms with Gasteiger partial charge in [0, 0.05) is 22.8 Å². The number of ether oxygens (including phenoxy) is 2. The summed E-state index contributed by atoms with van der Waals surface area (Å²) in [7, 11) is 3.23. The van der Waals surface area contributed by atoms with Crippen LogP contribution in [0.25, 0.3) is 0 Å². The van der Waals surface area contributed by atoms with Crippen molar-refractivity contribution in [2.24, 2.45) is 0 Å². The molecule has 2 aromatic carbocycles. The fourth-order valence-electron chi connectivity index (χ4n) is 2.62. The van der Waals surface area contributed by atoms with Gasteiger partial charge in [-0.2, -0.15) is 0 Å². The maximum atomic E-state index is 6.20. The molecular formula is C20H21ClN4O2. The van der Waals surface area contributed by atoms with Crippen molar-refractivity contribution < 1.29 is 9.47 Å². The molecule has 0 aliphatic carbocycles. The SMILES string of the molecule is COc1ccc(Nc2cc(Nc3cccc(Cl)c3C)nc(C)n2)c(OC)c1. The molecule has 0 bridgehead atoms. The summed E-state index contributed by atoms with van der Waals surface area (Å²) in [5.41, 5.74) is 2.64. The van der Waals surface area contributed by atoms with Gasteiger partial charge in [-0.25, -0.2) is 9.97 Å². The topological polar surface area (TPSA) is 68.3 Å². The van der Waals surface area contributed by atoms with E-state index in [1.807, 2.05) is 56.3 Å². The number of benzene rings is 2. The molecule has 0 radical (unpaired) electrons. The Hall–Kier alpha value is -2.99. The van der Waals surface area contributed by atoms with E-state index < -0.39 is 0 Å². The van der Waals surface area contributed by atoms with E-state index in [0.717, 1.165) is 22.7 Å². The number of rotatable bonds is 6. The number of nitrogens with zero attached hydrogens (tertiary/aromatic N) is 2. The molecule has 2 N–H and O–H groups in total. The molecule has 1 heterocycles. The van der Waals surface area contributed by atoms with Crippen LogP contribution in [0.3, 0.4) is 0 Å². The average Bonchev–Trinajstić information content (AvgIpc) is 2.65. The summed E-state index contributed by atoms with van der Waals surface area (Å²) in [4.78, 5) is 8.91. The monoisotopic (exact) mass is 384 g/mol. The quantitative estimate of drug-likeness (QED) is 0.604. The van der Waals surface area contributed by atoms with Crippen LogP contribution in [0.4, 0.5) is 23.0 Å². The van der Waals surface area contributed by atoms with Gasteiger partial charge >= 0.3 is 0 Å². The van der Waals surface area contributed by atoms with Gasteiger partial charge in [-0.3, -0.25) is 0 Å². The molecular weight excluding hydrogens is 364 g/mol. The normalized spacial score (nSPS) is 10.4. The summed E-state index contributed by atoms with van der Waals surface area (Å²) in [6.07, 6.45) is 0. The van der Waals surface area contributed by atoms with Gasteiger partial charge in [-0.15, -0.1) is 0 Å². The summed E-state index contributed by atoms with van der Waals surface area (Å²) >= 11 is 6.20. The standard InChI is InChI=1S/C20H21ClN4O2/c1-12-15(21)6-5-7-16(12)24-19-11-20(23-13(2)22-19)25-17-9-8-14(26-3)10-18(17)27-4/h5-11H,1-4H3,(H2,22,23,24,25). The third-order valence-corrected chi connectivity index (χ3v) is 4.45. The molecule has 0 saturated carbocycles. The van der Waals surface area contributed by atoms with E-state index in [4.69, 9.17) is 21.1 Å². The second kappa shape index (κ2) is 8.14. The number of hydrogen-bond acceptors (Lipinski definition) is 6. The summed E-state index contributed by atoms with van der Waals surface area (Å²) in [6.45, 7) is 3.80. The lowest BCUT2D eigenvalue weighted by Crippen LogP contribution is -2.03. The lowest BCUT2D eigenvalue weighted by atomic mass is 10.2.